The summed E-state index contributed by atoms with van der Waals surface area (Å²) < 4.78 is 1.54. The van der Waals surface area contributed by atoms with Gasteiger partial charge in [-0.3, -0.25) is 4.79 Å². The van der Waals surface area contributed by atoms with Crippen molar-refractivity contribution < 1.29 is 4.79 Å². The molecule has 2 aromatic rings. The molecule has 1 heterocycles. The van der Waals surface area contributed by atoms with E-state index in [2.05, 4.69) is 42.2 Å². The van der Waals surface area contributed by atoms with E-state index in [9.17, 15) is 4.79 Å². The van der Waals surface area contributed by atoms with E-state index in [0.29, 0.717) is 10.2 Å². The number of rotatable bonds is 2. The van der Waals surface area contributed by atoms with Crippen LogP contribution in [0.4, 0.5) is 5.69 Å². The van der Waals surface area contributed by atoms with E-state index in [-0.39, 0.29) is 5.91 Å². The first-order valence-corrected chi connectivity index (χ1v) is 7.26. The second-order valence-corrected chi connectivity index (χ2v) is 5.88. The van der Waals surface area contributed by atoms with Gasteiger partial charge in [-0.2, -0.15) is 0 Å². The fourth-order valence-corrected chi connectivity index (χ4v) is 2.96. The average molecular weight is 384 g/mol. The molecule has 0 aliphatic heterocycles. The monoisotopic (exact) mass is 382 g/mol. The molecule has 1 amide bonds. The summed E-state index contributed by atoms with van der Waals surface area (Å²) in [6, 6.07) is 7.42. The minimum Gasteiger partial charge on any atom is -0.321 e. The lowest BCUT2D eigenvalue weighted by Crippen LogP contribution is -2.14. The summed E-state index contributed by atoms with van der Waals surface area (Å²) in [5.74, 6) is -0.173. The number of benzene rings is 1. The number of nitrogens with zero attached hydrogens (tertiary/aromatic N) is 1. The third-order valence-electron chi connectivity index (χ3n) is 2.74. The molecule has 0 aliphatic carbocycles. The Morgan fingerprint density at radius 1 is 1.21 bits per heavy atom. The fourth-order valence-electron chi connectivity index (χ4n) is 1.84. The van der Waals surface area contributed by atoms with Crippen LogP contribution in [0.3, 0.4) is 0 Å². The smallest absolute Gasteiger partial charge is 0.258 e. The average Bonchev–Trinajstić information content (AvgIpc) is 2.34. The van der Waals surface area contributed by atoms with Gasteiger partial charge >= 0.3 is 0 Å². The molecule has 0 saturated heterocycles. The van der Waals surface area contributed by atoms with Crippen molar-refractivity contribution in [1.29, 1.82) is 0 Å². The molecule has 0 atom stereocenters. The van der Waals surface area contributed by atoms with Gasteiger partial charge in [0.1, 0.15) is 4.60 Å². The maximum absolute atomic E-state index is 12.2. The minimum atomic E-state index is -0.173. The van der Waals surface area contributed by atoms with Gasteiger partial charge in [-0.15, -0.1) is 0 Å². The summed E-state index contributed by atoms with van der Waals surface area (Å²) >= 11 is 6.72. The minimum absolute atomic E-state index is 0.173. The number of carbonyl (C=O) groups excluding carboxylic acids is 1. The zero-order valence-electron chi connectivity index (χ0n) is 10.5. The third kappa shape index (κ3) is 3.22. The zero-order chi connectivity index (χ0) is 14.0. The van der Waals surface area contributed by atoms with E-state index in [0.717, 1.165) is 21.3 Å². The molecule has 0 radical (unpaired) electrons. The maximum Gasteiger partial charge on any atom is 0.258 e. The number of hydrogen-bond donors (Lipinski definition) is 1. The summed E-state index contributed by atoms with van der Waals surface area (Å²) in [5.41, 5.74) is 3.38. The highest BCUT2D eigenvalue weighted by Gasteiger charge is 2.13. The lowest BCUT2D eigenvalue weighted by Gasteiger charge is -2.12. The van der Waals surface area contributed by atoms with Crippen LogP contribution in [0.2, 0.25) is 0 Å². The van der Waals surface area contributed by atoms with Gasteiger partial charge in [0.05, 0.1) is 5.56 Å². The van der Waals surface area contributed by atoms with Gasteiger partial charge < -0.3 is 5.32 Å². The van der Waals surface area contributed by atoms with Gasteiger partial charge in [0.2, 0.25) is 0 Å². The molecule has 1 N–H and O–H groups in total. The predicted molar refractivity (Wildman–Crippen MR) is 83.5 cm³/mol. The van der Waals surface area contributed by atoms with Gasteiger partial charge in [0.25, 0.3) is 5.91 Å². The lowest BCUT2D eigenvalue weighted by molar-refractivity contribution is 0.102. The van der Waals surface area contributed by atoms with Crippen LogP contribution in [-0.2, 0) is 0 Å². The fraction of sp³-hybridized carbons (Fsp3) is 0.143. The molecule has 1 aromatic carbocycles. The van der Waals surface area contributed by atoms with Crippen LogP contribution < -0.4 is 5.32 Å². The molecule has 0 saturated carbocycles. The Balaban J connectivity index is 2.32. The van der Waals surface area contributed by atoms with Crippen molar-refractivity contribution in [3.63, 3.8) is 0 Å². The SMILES string of the molecule is Cc1cc(Br)cc(C)c1NC(=O)c1cccnc1Br. The Hall–Kier alpha value is -1.20. The molecule has 98 valence electrons. The standard InChI is InChI=1S/C14H12Br2N2O/c1-8-6-10(15)7-9(2)12(8)18-14(19)11-4-3-5-17-13(11)16/h3-7H,1-2H3,(H,18,19). The highest BCUT2D eigenvalue weighted by Crippen LogP contribution is 2.26. The molecule has 0 bridgehead atoms. The number of aryl methyl sites for hydroxylation is 2. The van der Waals surface area contributed by atoms with Crippen molar-refractivity contribution in [2.45, 2.75) is 13.8 Å². The van der Waals surface area contributed by atoms with Crippen molar-refractivity contribution in [2.24, 2.45) is 0 Å². The summed E-state index contributed by atoms with van der Waals surface area (Å²) in [6.07, 6.45) is 1.64. The summed E-state index contributed by atoms with van der Waals surface area (Å²) in [4.78, 5) is 16.3. The predicted octanol–water partition coefficient (Wildman–Crippen LogP) is 4.48. The molecule has 0 spiro atoms. The van der Waals surface area contributed by atoms with E-state index in [1.165, 1.54) is 0 Å². The molecule has 0 unspecified atom stereocenters. The van der Waals surface area contributed by atoms with Crippen LogP contribution in [0, 0.1) is 13.8 Å². The molecule has 2 rings (SSSR count). The number of pyridine rings is 1. The summed E-state index contributed by atoms with van der Waals surface area (Å²) in [5, 5.41) is 2.93. The first kappa shape index (κ1) is 14.2. The Labute approximate surface area is 128 Å². The zero-order valence-corrected chi connectivity index (χ0v) is 13.7. The third-order valence-corrected chi connectivity index (χ3v) is 3.83. The van der Waals surface area contributed by atoms with Crippen LogP contribution in [0.5, 0.6) is 0 Å². The van der Waals surface area contributed by atoms with Crippen molar-refractivity contribution >= 4 is 43.5 Å². The molecule has 5 heteroatoms. The second-order valence-electron chi connectivity index (χ2n) is 4.21. The van der Waals surface area contributed by atoms with E-state index in [1.54, 1.807) is 18.3 Å². The summed E-state index contributed by atoms with van der Waals surface area (Å²) in [6.45, 7) is 3.93. The van der Waals surface area contributed by atoms with Crippen molar-refractivity contribution in [3.05, 3.63) is 56.2 Å². The van der Waals surface area contributed by atoms with Crippen LogP contribution >= 0.6 is 31.9 Å². The quantitative estimate of drug-likeness (QED) is 0.777. The Morgan fingerprint density at radius 2 is 1.84 bits per heavy atom. The Morgan fingerprint density at radius 3 is 2.42 bits per heavy atom. The Bertz CT molecular complexity index is 618. The highest BCUT2D eigenvalue weighted by atomic mass is 79.9. The van der Waals surface area contributed by atoms with Crippen molar-refractivity contribution in [2.75, 3.05) is 5.32 Å². The summed E-state index contributed by atoms with van der Waals surface area (Å²) in [7, 11) is 0. The molecular weight excluding hydrogens is 372 g/mol. The molecular formula is C14H12Br2N2O. The van der Waals surface area contributed by atoms with E-state index < -0.39 is 0 Å². The molecule has 3 nitrogen and oxygen atoms in total. The largest absolute Gasteiger partial charge is 0.321 e. The van der Waals surface area contributed by atoms with E-state index in [1.807, 2.05) is 26.0 Å². The number of aromatic nitrogens is 1. The van der Waals surface area contributed by atoms with Crippen LogP contribution in [0.25, 0.3) is 0 Å². The van der Waals surface area contributed by atoms with Crippen molar-refractivity contribution in [3.8, 4) is 0 Å². The van der Waals surface area contributed by atoms with Crippen LogP contribution in [-0.4, -0.2) is 10.9 Å². The van der Waals surface area contributed by atoms with E-state index >= 15 is 0 Å². The molecule has 1 aromatic heterocycles. The van der Waals surface area contributed by atoms with Gasteiger partial charge in [-0.1, -0.05) is 15.9 Å². The lowest BCUT2D eigenvalue weighted by atomic mass is 10.1. The first-order chi connectivity index (χ1) is 8.99. The van der Waals surface area contributed by atoms with Gasteiger partial charge in [0, 0.05) is 16.4 Å². The van der Waals surface area contributed by atoms with Crippen LogP contribution in [0.15, 0.2) is 39.5 Å². The molecule has 0 fully saturated rings. The molecule has 19 heavy (non-hydrogen) atoms. The second kappa shape index (κ2) is 5.84. The van der Waals surface area contributed by atoms with Crippen molar-refractivity contribution in [1.82, 2.24) is 4.98 Å². The highest BCUT2D eigenvalue weighted by molar-refractivity contribution is 9.10. The number of nitrogens with one attached hydrogen (secondary N) is 1. The van der Waals surface area contributed by atoms with Crippen LogP contribution in [0.1, 0.15) is 21.5 Å². The normalized spacial score (nSPS) is 10.3. The number of anilines is 1. The van der Waals surface area contributed by atoms with Gasteiger partial charge in [0.15, 0.2) is 0 Å². The topological polar surface area (TPSA) is 42.0 Å². The molecule has 0 aliphatic rings. The number of carbonyl (C=O) groups is 1. The van der Waals surface area contributed by atoms with E-state index in [4.69, 9.17) is 0 Å². The number of halogens is 2. The van der Waals surface area contributed by atoms with Gasteiger partial charge in [-0.25, -0.2) is 4.98 Å². The number of hydrogen-bond acceptors (Lipinski definition) is 2. The van der Waals surface area contributed by atoms with Gasteiger partial charge in [-0.05, 0) is 65.2 Å². The Kier molecular flexibility index (Phi) is 4.37. The first-order valence-electron chi connectivity index (χ1n) is 5.67. The number of amides is 1. The maximum atomic E-state index is 12.2.